The van der Waals surface area contributed by atoms with Gasteiger partial charge in [-0.25, -0.2) is 0 Å². The molecule has 2 atom stereocenters. The molecule has 0 bridgehead atoms. The van der Waals surface area contributed by atoms with E-state index < -0.39 is 0 Å². The van der Waals surface area contributed by atoms with Crippen molar-refractivity contribution >= 4 is 5.84 Å². The summed E-state index contributed by atoms with van der Waals surface area (Å²) < 4.78 is 6.16. The van der Waals surface area contributed by atoms with Crippen LogP contribution in [0, 0.1) is 12.8 Å². The number of aliphatic imine (C=N–C) groups is 1. The molecule has 2 unspecified atom stereocenters. The first-order valence-electron chi connectivity index (χ1n) is 10.8. The first-order chi connectivity index (χ1) is 14.5. The Morgan fingerprint density at radius 3 is 2.60 bits per heavy atom. The second kappa shape index (κ2) is 13.0. The number of hydrogen-bond donors (Lipinski definition) is 3. The lowest BCUT2D eigenvalue weighted by atomic mass is 9.95. The average molecular weight is 412 g/mol. The molecule has 0 aromatic heterocycles. The number of amidine groups is 1. The predicted octanol–water partition coefficient (Wildman–Crippen LogP) is 3.93. The van der Waals surface area contributed by atoms with Crippen molar-refractivity contribution in [3.8, 4) is 5.75 Å². The van der Waals surface area contributed by atoms with Gasteiger partial charge in [0.1, 0.15) is 11.6 Å². The number of hydrogen-bond acceptors (Lipinski definition) is 4. The Hall–Kier alpha value is -2.37. The molecule has 5 heteroatoms. The Labute approximate surface area is 181 Å². The molecule has 2 rings (SSSR count). The molecule has 0 saturated heterocycles. The molecule has 5 nitrogen and oxygen atoms in total. The van der Waals surface area contributed by atoms with Crippen LogP contribution < -0.4 is 10.6 Å². The van der Waals surface area contributed by atoms with Crippen molar-refractivity contribution < 1.29 is 9.84 Å². The number of aromatic hydroxyl groups is 1. The number of ether oxygens (including phenoxy) is 1. The fraction of sp³-hybridized carbons (Fsp3) is 0.480. The van der Waals surface area contributed by atoms with Crippen molar-refractivity contribution in [2.75, 3.05) is 33.8 Å². The van der Waals surface area contributed by atoms with Crippen molar-refractivity contribution in [3.63, 3.8) is 0 Å². The van der Waals surface area contributed by atoms with Gasteiger partial charge in [0.2, 0.25) is 0 Å². The third-order valence-electron chi connectivity index (χ3n) is 5.33. The monoisotopic (exact) mass is 411 g/mol. The lowest BCUT2D eigenvalue weighted by Gasteiger charge is -2.23. The zero-order valence-corrected chi connectivity index (χ0v) is 18.8. The second-order valence-electron chi connectivity index (χ2n) is 7.92. The van der Waals surface area contributed by atoms with Gasteiger partial charge in [0, 0.05) is 25.7 Å². The van der Waals surface area contributed by atoms with E-state index in [0.717, 1.165) is 42.8 Å². The standard InChI is InChI=1S/C25H37N3O2/c1-19(10-11-21-8-6-5-7-9-21)16-23(30-15-14-26-3)18-28-25(27-4)22-12-13-24(29)20(2)17-22/h5-9,12-13,17,19,23,26,29H,10-11,14-16,18H2,1-4H3,(H,27,28). The summed E-state index contributed by atoms with van der Waals surface area (Å²) in [5, 5.41) is 16.4. The van der Waals surface area contributed by atoms with E-state index in [1.165, 1.54) is 5.56 Å². The largest absolute Gasteiger partial charge is 0.508 e. The van der Waals surface area contributed by atoms with Crippen LogP contribution in [0.15, 0.2) is 53.5 Å². The summed E-state index contributed by atoms with van der Waals surface area (Å²) >= 11 is 0. The van der Waals surface area contributed by atoms with E-state index in [1.807, 2.05) is 26.1 Å². The molecular weight excluding hydrogens is 374 g/mol. The average Bonchev–Trinajstić information content (AvgIpc) is 2.75. The van der Waals surface area contributed by atoms with E-state index >= 15 is 0 Å². The van der Waals surface area contributed by atoms with Crippen LogP contribution in [0.2, 0.25) is 0 Å². The maximum absolute atomic E-state index is 9.78. The van der Waals surface area contributed by atoms with Crippen LogP contribution in [0.4, 0.5) is 0 Å². The fourth-order valence-corrected chi connectivity index (χ4v) is 3.49. The number of benzene rings is 2. The Morgan fingerprint density at radius 2 is 1.93 bits per heavy atom. The maximum Gasteiger partial charge on any atom is 0.128 e. The molecule has 0 fully saturated rings. The lowest BCUT2D eigenvalue weighted by Crippen LogP contribution is -2.36. The van der Waals surface area contributed by atoms with E-state index in [4.69, 9.17) is 4.74 Å². The van der Waals surface area contributed by atoms with Gasteiger partial charge in [-0.3, -0.25) is 4.99 Å². The zero-order chi connectivity index (χ0) is 21.8. The molecule has 2 aromatic rings. The van der Waals surface area contributed by atoms with Gasteiger partial charge in [-0.15, -0.1) is 0 Å². The molecule has 0 aliphatic heterocycles. The normalized spacial score (nSPS) is 13.8. The maximum atomic E-state index is 9.78. The van der Waals surface area contributed by atoms with Crippen LogP contribution >= 0.6 is 0 Å². The zero-order valence-electron chi connectivity index (χ0n) is 18.8. The van der Waals surface area contributed by atoms with Gasteiger partial charge in [-0.1, -0.05) is 37.3 Å². The topological polar surface area (TPSA) is 65.9 Å². The highest BCUT2D eigenvalue weighted by molar-refractivity contribution is 5.99. The lowest BCUT2D eigenvalue weighted by molar-refractivity contribution is 0.0425. The fourth-order valence-electron chi connectivity index (χ4n) is 3.49. The highest BCUT2D eigenvalue weighted by Gasteiger charge is 2.16. The van der Waals surface area contributed by atoms with E-state index in [-0.39, 0.29) is 6.10 Å². The summed E-state index contributed by atoms with van der Waals surface area (Å²) in [7, 11) is 3.72. The number of aryl methyl sites for hydroxylation is 2. The minimum Gasteiger partial charge on any atom is -0.508 e. The Bertz CT molecular complexity index is 777. The Balaban J connectivity index is 1.92. The van der Waals surface area contributed by atoms with Gasteiger partial charge in [-0.05, 0) is 68.5 Å². The number of nitrogens with zero attached hydrogens (tertiary/aromatic N) is 1. The van der Waals surface area contributed by atoms with E-state index in [2.05, 4.69) is 52.9 Å². The molecule has 0 radical (unpaired) electrons. The summed E-state index contributed by atoms with van der Waals surface area (Å²) in [4.78, 5) is 4.41. The van der Waals surface area contributed by atoms with Gasteiger partial charge in [0.15, 0.2) is 0 Å². The van der Waals surface area contributed by atoms with Crippen LogP contribution in [0.3, 0.4) is 0 Å². The van der Waals surface area contributed by atoms with E-state index in [1.54, 1.807) is 13.1 Å². The Morgan fingerprint density at radius 1 is 1.17 bits per heavy atom. The number of phenols is 1. The SMILES string of the molecule is CN=C(NCC(CC(C)CCc1ccccc1)OCCNC)c1ccc(O)c(C)c1. The molecule has 2 aromatic carbocycles. The molecule has 30 heavy (non-hydrogen) atoms. The van der Waals surface area contributed by atoms with Crippen molar-refractivity contribution in [1.29, 1.82) is 0 Å². The number of phenolic OH excluding ortho intramolecular Hbond substituents is 1. The molecule has 164 valence electrons. The summed E-state index contributed by atoms with van der Waals surface area (Å²) in [5.41, 5.74) is 3.20. The molecular formula is C25H37N3O2. The highest BCUT2D eigenvalue weighted by atomic mass is 16.5. The number of nitrogens with one attached hydrogen (secondary N) is 2. The van der Waals surface area contributed by atoms with Crippen LogP contribution in [0.1, 0.15) is 36.5 Å². The molecule has 0 spiro atoms. The van der Waals surface area contributed by atoms with Crippen molar-refractivity contribution in [2.45, 2.75) is 39.2 Å². The minimum absolute atomic E-state index is 0.110. The third-order valence-corrected chi connectivity index (χ3v) is 5.33. The number of rotatable bonds is 12. The van der Waals surface area contributed by atoms with Gasteiger partial charge < -0.3 is 20.5 Å². The summed E-state index contributed by atoms with van der Waals surface area (Å²) in [6, 6.07) is 16.2. The van der Waals surface area contributed by atoms with E-state index in [0.29, 0.717) is 24.8 Å². The predicted molar refractivity (Wildman–Crippen MR) is 126 cm³/mol. The van der Waals surface area contributed by atoms with E-state index in [9.17, 15) is 5.11 Å². The first-order valence-corrected chi connectivity index (χ1v) is 10.8. The minimum atomic E-state index is 0.110. The van der Waals surface area contributed by atoms with Gasteiger partial charge in [0.05, 0.1) is 12.7 Å². The molecule has 0 amide bonds. The summed E-state index contributed by atoms with van der Waals surface area (Å²) in [6.07, 6.45) is 3.34. The molecule has 0 saturated carbocycles. The molecule has 3 N–H and O–H groups in total. The van der Waals surface area contributed by atoms with Crippen LogP contribution in [0.25, 0.3) is 0 Å². The first kappa shape index (κ1) is 23.9. The van der Waals surface area contributed by atoms with Gasteiger partial charge in [0.25, 0.3) is 0 Å². The van der Waals surface area contributed by atoms with Crippen molar-refractivity contribution in [3.05, 3.63) is 65.2 Å². The third kappa shape index (κ3) is 8.17. The summed E-state index contributed by atoms with van der Waals surface area (Å²) in [6.45, 7) is 6.41. The number of likely N-dealkylation sites (N-methyl/N-ethyl adjacent to an activating group) is 1. The molecule has 0 aliphatic carbocycles. The smallest absolute Gasteiger partial charge is 0.128 e. The molecule has 0 heterocycles. The van der Waals surface area contributed by atoms with Crippen LogP contribution in [0.5, 0.6) is 5.75 Å². The van der Waals surface area contributed by atoms with Crippen molar-refractivity contribution in [1.82, 2.24) is 10.6 Å². The van der Waals surface area contributed by atoms with Crippen LogP contribution in [-0.2, 0) is 11.2 Å². The molecule has 0 aliphatic rings. The highest BCUT2D eigenvalue weighted by Crippen LogP contribution is 2.18. The van der Waals surface area contributed by atoms with Crippen LogP contribution in [-0.4, -0.2) is 50.8 Å². The quantitative estimate of drug-likeness (QED) is 0.281. The van der Waals surface area contributed by atoms with Crippen molar-refractivity contribution in [2.24, 2.45) is 10.9 Å². The van der Waals surface area contributed by atoms with Gasteiger partial charge >= 0.3 is 0 Å². The van der Waals surface area contributed by atoms with Gasteiger partial charge in [-0.2, -0.15) is 0 Å². The second-order valence-corrected chi connectivity index (χ2v) is 7.92. The Kier molecular flexibility index (Phi) is 10.4. The summed E-state index contributed by atoms with van der Waals surface area (Å²) in [5.74, 6) is 1.68.